The first-order valence-electron chi connectivity index (χ1n) is 5.81. The molecule has 2 heteroatoms. The Balaban J connectivity index is 3.42. The standard InChI is InChI=1S/C12H27NO/c1-5-11(7-9-14)6-8-13-10-12(2,3)4/h11,13-14H,5-10H2,1-4H3/t11-/m0/s1. The van der Waals surface area contributed by atoms with Crippen LogP contribution in [-0.2, 0) is 0 Å². The molecule has 1 atom stereocenters. The van der Waals surface area contributed by atoms with Gasteiger partial charge in [0.2, 0.25) is 0 Å². The van der Waals surface area contributed by atoms with Crippen LogP contribution in [0.5, 0.6) is 0 Å². The summed E-state index contributed by atoms with van der Waals surface area (Å²) in [6, 6.07) is 0. The largest absolute Gasteiger partial charge is 0.396 e. The molecule has 86 valence electrons. The van der Waals surface area contributed by atoms with Crippen LogP contribution in [0.2, 0.25) is 0 Å². The van der Waals surface area contributed by atoms with Crippen molar-refractivity contribution in [2.24, 2.45) is 11.3 Å². The zero-order valence-electron chi connectivity index (χ0n) is 10.3. The predicted molar refractivity (Wildman–Crippen MR) is 62.4 cm³/mol. The molecule has 0 amide bonds. The SMILES string of the molecule is CC[C@H](CCO)CCNCC(C)(C)C. The van der Waals surface area contributed by atoms with E-state index in [4.69, 9.17) is 5.11 Å². The molecule has 0 aliphatic rings. The van der Waals surface area contributed by atoms with Crippen molar-refractivity contribution in [2.45, 2.75) is 47.0 Å². The lowest BCUT2D eigenvalue weighted by molar-refractivity contribution is 0.247. The first kappa shape index (κ1) is 13.9. The van der Waals surface area contributed by atoms with Crippen LogP contribution in [0.4, 0.5) is 0 Å². The Bertz CT molecular complexity index is 129. The summed E-state index contributed by atoms with van der Waals surface area (Å²) in [6.07, 6.45) is 3.32. The molecule has 2 nitrogen and oxygen atoms in total. The van der Waals surface area contributed by atoms with Crippen molar-refractivity contribution >= 4 is 0 Å². The van der Waals surface area contributed by atoms with Gasteiger partial charge in [-0.2, -0.15) is 0 Å². The van der Waals surface area contributed by atoms with Crippen LogP contribution in [0, 0.1) is 11.3 Å². The molecule has 0 saturated heterocycles. The fraction of sp³-hybridized carbons (Fsp3) is 1.00. The minimum absolute atomic E-state index is 0.331. The Labute approximate surface area is 89.1 Å². The molecular formula is C12H27NO. The molecule has 0 aromatic rings. The summed E-state index contributed by atoms with van der Waals surface area (Å²) in [5.41, 5.74) is 0.374. The minimum Gasteiger partial charge on any atom is -0.396 e. The Morgan fingerprint density at radius 2 is 1.86 bits per heavy atom. The molecule has 0 aliphatic heterocycles. The fourth-order valence-electron chi connectivity index (χ4n) is 1.50. The molecule has 0 bridgehead atoms. The van der Waals surface area contributed by atoms with Gasteiger partial charge in [0, 0.05) is 6.61 Å². The highest BCUT2D eigenvalue weighted by Gasteiger charge is 2.09. The Hall–Kier alpha value is -0.0800. The number of hydrogen-bond donors (Lipinski definition) is 2. The van der Waals surface area contributed by atoms with Gasteiger partial charge in [0.25, 0.3) is 0 Å². The highest BCUT2D eigenvalue weighted by molar-refractivity contribution is 4.66. The van der Waals surface area contributed by atoms with Crippen LogP contribution >= 0.6 is 0 Å². The molecule has 0 rings (SSSR count). The first-order chi connectivity index (χ1) is 6.49. The van der Waals surface area contributed by atoms with Crippen LogP contribution in [0.25, 0.3) is 0 Å². The normalized spacial score (nSPS) is 14.4. The summed E-state index contributed by atoms with van der Waals surface area (Å²) in [4.78, 5) is 0. The Morgan fingerprint density at radius 1 is 1.21 bits per heavy atom. The van der Waals surface area contributed by atoms with E-state index >= 15 is 0 Å². The van der Waals surface area contributed by atoms with Crippen molar-refractivity contribution in [3.05, 3.63) is 0 Å². The number of hydrogen-bond acceptors (Lipinski definition) is 2. The second kappa shape index (κ2) is 7.24. The van der Waals surface area contributed by atoms with Gasteiger partial charge in [0.15, 0.2) is 0 Å². The average Bonchev–Trinajstić information content (AvgIpc) is 2.08. The summed E-state index contributed by atoms with van der Waals surface area (Å²) >= 11 is 0. The second-order valence-electron chi connectivity index (χ2n) is 5.31. The van der Waals surface area contributed by atoms with E-state index in [1.54, 1.807) is 0 Å². The van der Waals surface area contributed by atoms with Crippen molar-refractivity contribution in [1.82, 2.24) is 5.32 Å². The van der Waals surface area contributed by atoms with E-state index in [0.717, 1.165) is 19.5 Å². The van der Waals surface area contributed by atoms with Gasteiger partial charge in [0.1, 0.15) is 0 Å². The number of aliphatic hydroxyl groups is 1. The summed E-state index contributed by atoms with van der Waals surface area (Å²) in [5, 5.41) is 12.3. The molecule has 14 heavy (non-hydrogen) atoms. The maximum absolute atomic E-state index is 8.83. The van der Waals surface area contributed by atoms with E-state index in [-0.39, 0.29) is 0 Å². The fourth-order valence-corrected chi connectivity index (χ4v) is 1.50. The molecule has 0 fully saturated rings. The lowest BCUT2D eigenvalue weighted by Crippen LogP contribution is -2.28. The maximum Gasteiger partial charge on any atom is 0.0433 e. The predicted octanol–water partition coefficient (Wildman–Crippen LogP) is 2.42. The number of nitrogens with one attached hydrogen (secondary N) is 1. The van der Waals surface area contributed by atoms with Crippen molar-refractivity contribution in [3.63, 3.8) is 0 Å². The molecule has 0 radical (unpaired) electrons. The van der Waals surface area contributed by atoms with Crippen molar-refractivity contribution in [3.8, 4) is 0 Å². The lowest BCUT2D eigenvalue weighted by atomic mass is 9.96. The summed E-state index contributed by atoms with van der Waals surface area (Å²) in [6.45, 7) is 11.4. The summed E-state index contributed by atoms with van der Waals surface area (Å²) < 4.78 is 0. The van der Waals surface area contributed by atoms with Crippen LogP contribution in [0.3, 0.4) is 0 Å². The topological polar surface area (TPSA) is 32.3 Å². The molecule has 0 unspecified atom stereocenters. The van der Waals surface area contributed by atoms with E-state index in [1.165, 1.54) is 12.8 Å². The van der Waals surface area contributed by atoms with Crippen LogP contribution in [-0.4, -0.2) is 24.8 Å². The van der Waals surface area contributed by atoms with Gasteiger partial charge >= 0.3 is 0 Å². The molecule has 0 aliphatic carbocycles. The lowest BCUT2D eigenvalue weighted by Gasteiger charge is -2.20. The van der Waals surface area contributed by atoms with Gasteiger partial charge in [-0.1, -0.05) is 34.1 Å². The smallest absolute Gasteiger partial charge is 0.0433 e. The van der Waals surface area contributed by atoms with Crippen LogP contribution in [0.15, 0.2) is 0 Å². The molecular weight excluding hydrogens is 174 g/mol. The van der Waals surface area contributed by atoms with Crippen molar-refractivity contribution < 1.29 is 5.11 Å². The highest BCUT2D eigenvalue weighted by Crippen LogP contribution is 2.13. The van der Waals surface area contributed by atoms with E-state index in [9.17, 15) is 0 Å². The second-order valence-corrected chi connectivity index (χ2v) is 5.31. The summed E-state index contributed by atoms with van der Waals surface area (Å²) in [5.74, 6) is 0.687. The quantitative estimate of drug-likeness (QED) is 0.620. The van der Waals surface area contributed by atoms with Gasteiger partial charge in [-0.15, -0.1) is 0 Å². The van der Waals surface area contributed by atoms with Crippen molar-refractivity contribution in [2.75, 3.05) is 19.7 Å². The number of aliphatic hydroxyl groups excluding tert-OH is 1. The third-order valence-corrected chi connectivity index (χ3v) is 2.50. The van der Waals surface area contributed by atoms with Gasteiger partial charge in [-0.25, -0.2) is 0 Å². The Kier molecular flexibility index (Phi) is 7.20. The Morgan fingerprint density at radius 3 is 2.29 bits per heavy atom. The monoisotopic (exact) mass is 201 g/mol. The molecule has 0 aromatic carbocycles. The van der Waals surface area contributed by atoms with Gasteiger partial charge < -0.3 is 10.4 Å². The van der Waals surface area contributed by atoms with Crippen LogP contribution < -0.4 is 5.32 Å². The molecule has 0 saturated carbocycles. The molecule has 2 N–H and O–H groups in total. The van der Waals surface area contributed by atoms with Crippen LogP contribution in [0.1, 0.15) is 47.0 Å². The zero-order chi connectivity index (χ0) is 11.0. The van der Waals surface area contributed by atoms with Gasteiger partial charge in [-0.3, -0.25) is 0 Å². The van der Waals surface area contributed by atoms with E-state index in [1.807, 2.05) is 0 Å². The molecule has 0 heterocycles. The van der Waals surface area contributed by atoms with Gasteiger partial charge in [0.05, 0.1) is 0 Å². The van der Waals surface area contributed by atoms with Crippen molar-refractivity contribution in [1.29, 1.82) is 0 Å². The van der Waals surface area contributed by atoms with Gasteiger partial charge in [-0.05, 0) is 37.3 Å². The van der Waals surface area contributed by atoms with E-state index < -0.39 is 0 Å². The zero-order valence-corrected chi connectivity index (χ0v) is 10.3. The van der Waals surface area contributed by atoms with E-state index in [2.05, 4.69) is 33.0 Å². The first-order valence-corrected chi connectivity index (χ1v) is 5.81. The molecule has 0 aromatic heterocycles. The third-order valence-electron chi connectivity index (χ3n) is 2.50. The third kappa shape index (κ3) is 8.52. The van der Waals surface area contributed by atoms with E-state index in [0.29, 0.717) is 17.9 Å². The summed E-state index contributed by atoms with van der Waals surface area (Å²) in [7, 11) is 0. The highest BCUT2D eigenvalue weighted by atomic mass is 16.3. The average molecular weight is 201 g/mol. The maximum atomic E-state index is 8.83. The number of rotatable bonds is 7. The minimum atomic E-state index is 0.331. The molecule has 0 spiro atoms.